The molecule has 0 amide bonds. The van der Waals surface area contributed by atoms with Gasteiger partial charge in [-0.1, -0.05) is 6.92 Å². The topological polar surface area (TPSA) is 80.2 Å². The maximum absolute atomic E-state index is 11.2. The summed E-state index contributed by atoms with van der Waals surface area (Å²) in [6.07, 6.45) is 4.60. The van der Waals surface area contributed by atoms with Crippen molar-refractivity contribution in [1.29, 1.82) is 0 Å². The van der Waals surface area contributed by atoms with E-state index in [-0.39, 0.29) is 11.5 Å². The smallest absolute Gasteiger partial charge is 0.150 e. The summed E-state index contributed by atoms with van der Waals surface area (Å²) in [6, 6.07) is 0. The van der Waals surface area contributed by atoms with Gasteiger partial charge in [0.05, 0.1) is 23.7 Å². The van der Waals surface area contributed by atoms with Gasteiger partial charge in [0.2, 0.25) is 0 Å². The number of hydrogen-bond acceptors (Lipinski definition) is 5. The van der Waals surface area contributed by atoms with Gasteiger partial charge in [-0.3, -0.25) is 9.97 Å². The number of aliphatic hydroxyl groups excluding tert-OH is 1. The maximum Gasteiger partial charge on any atom is 0.150 e. The lowest BCUT2D eigenvalue weighted by atomic mass is 10.1. The number of hydrogen-bond donors (Lipinski definition) is 1. The van der Waals surface area contributed by atoms with Crippen LogP contribution in [0, 0.1) is 0 Å². The van der Waals surface area contributed by atoms with Crippen LogP contribution in [0.15, 0.2) is 18.6 Å². The zero-order valence-corrected chi connectivity index (χ0v) is 10.0. The molecule has 0 aliphatic heterocycles. The molecule has 1 N–H and O–H groups in total. The standard InChI is InChI=1S/C10H16N2O3S/c1-2-16(14,15)7-3-4-10(13)9-8-11-5-6-12-9/h5-6,8,10,13H,2-4,7H2,1H3. The molecule has 0 bridgehead atoms. The molecule has 0 aliphatic rings. The van der Waals surface area contributed by atoms with E-state index in [0.717, 1.165) is 0 Å². The number of sulfone groups is 1. The Morgan fingerprint density at radius 2 is 2.19 bits per heavy atom. The Bertz CT molecular complexity index is 405. The van der Waals surface area contributed by atoms with Crippen molar-refractivity contribution in [2.24, 2.45) is 0 Å². The van der Waals surface area contributed by atoms with Gasteiger partial charge >= 0.3 is 0 Å². The highest BCUT2D eigenvalue weighted by Gasteiger charge is 2.12. The Kier molecular flexibility index (Phi) is 4.82. The van der Waals surface area contributed by atoms with Gasteiger partial charge in [-0.2, -0.15) is 0 Å². The molecule has 0 radical (unpaired) electrons. The molecule has 0 saturated carbocycles. The molecule has 0 aromatic carbocycles. The zero-order chi connectivity index (χ0) is 12.0. The predicted octanol–water partition coefficient (Wildman–Crippen LogP) is 0.725. The van der Waals surface area contributed by atoms with E-state index >= 15 is 0 Å². The molecular weight excluding hydrogens is 228 g/mol. The number of rotatable bonds is 6. The van der Waals surface area contributed by atoms with Gasteiger partial charge in [-0.05, 0) is 12.8 Å². The number of aliphatic hydroxyl groups is 1. The van der Waals surface area contributed by atoms with E-state index in [1.807, 2.05) is 0 Å². The summed E-state index contributed by atoms with van der Waals surface area (Å²) in [5, 5.41) is 9.69. The highest BCUT2D eigenvalue weighted by molar-refractivity contribution is 7.91. The van der Waals surface area contributed by atoms with Crippen molar-refractivity contribution < 1.29 is 13.5 Å². The second-order valence-corrected chi connectivity index (χ2v) is 6.00. The van der Waals surface area contributed by atoms with Crippen LogP contribution in [-0.4, -0.2) is 35.0 Å². The third-order valence-electron chi connectivity index (χ3n) is 2.30. The zero-order valence-electron chi connectivity index (χ0n) is 9.20. The second-order valence-electron chi connectivity index (χ2n) is 3.52. The van der Waals surface area contributed by atoms with Crippen molar-refractivity contribution in [3.05, 3.63) is 24.3 Å². The summed E-state index contributed by atoms with van der Waals surface area (Å²) >= 11 is 0. The van der Waals surface area contributed by atoms with Gasteiger partial charge in [0.25, 0.3) is 0 Å². The fourth-order valence-corrected chi connectivity index (χ4v) is 2.17. The average Bonchev–Trinajstić information content (AvgIpc) is 2.30. The fourth-order valence-electron chi connectivity index (χ4n) is 1.27. The number of nitrogens with zero attached hydrogens (tertiary/aromatic N) is 2. The summed E-state index contributed by atoms with van der Waals surface area (Å²) in [5.74, 6) is 0.259. The molecule has 1 rings (SSSR count). The van der Waals surface area contributed by atoms with Gasteiger partial charge in [0.15, 0.2) is 0 Å². The van der Waals surface area contributed by atoms with E-state index in [2.05, 4.69) is 9.97 Å². The molecule has 1 unspecified atom stereocenters. The van der Waals surface area contributed by atoms with Crippen LogP contribution < -0.4 is 0 Å². The van der Waals surface area contributed by atoms with E-state index in [1.165, 1.54) is 18.6 Å². The van der Waals surface area contributed by atoms with Crippen molar-refractivity contribution in [2.75, 3.05) is 11.5 Å². The Hall–Kier alpha value is -1.01. The van der Waals surface area contributed by atoms with E-state index in [1.54, 1.807) is 6.92 Å². The normalized spacial score (nSPS) is 13.6. The summed E-state index contributed by atoms with van der Waals surface area (Å²) in [6.45, 7) is 1.62. The highest BCUT2D eigenvalue weighted by atomic mass is 32.2. The summed E-state index contributed by atoms with van der Waals surface area (Å²) in [5.41, 5.74) is 0.483. The summed E-state index contributed by atoms with van der Waals surface area (Å²) in [7, 11) is -2.94. The van der Waals surface area contributed by atoms with Gasteiger partial charge in [0, 0.05) is 18.1 Å². The molecule has 0 saturated heterocycles. The van der Waals surface area contributed by atoms with Gasteiger partial charge in [-0.15, -0.1) is 0 Å². The lowest BCUT2D eigenvalue weighted by Crippen LogP contribution is -2.10. The third-order valence-corrected chi connectivity index (χ3v) is 4.09. The lowest BCUT2D eigenvalue weighted by molar-refractivity contribution is 0.161. The molecule has 90 valence electrons. The van der Waals surface area contributed by atoms with Crippen LogP contribution >= 0.6 is 0 Å². The molecule has 1 aromatic heterocycles. The molecule has 0 aliphatic carbocycles. The van der Waals surface area contributed by atoms with Crippen molar-refractivity contribution in [2.45, 2.75) is 25.9 Å². The van der Waals surface area contributed by atoms with Crippen LogP contribution in [-0.2, 0) is 9.84 Å². The predicted molar refractivity (Wildman–Crippen MR) is 60.6 cm³/mol. The maximum atomic E-state index is 11.2. The molecule has 5 nitrogen and oxygen atoms in total. The van der Waals surface area contributed by atoms with Crippen molar-refractivity contribution in [3.63, 3.8) is 0 Å². The Labute approximate surface area is 95.5 Å². The molecule has 0 spiro atoms. The van der Waals surface area contributed by atoms with Gasteiger partial charge < -0.3 is 5.11 Å². The first kappa shape index (κ1) is 13.1. The minimum absolute atomic E-state index is 0.112. The van der Waals surface area contributed by atoms with Crippen LogP contribution in [0.5, 0.6) is 0 Å². The van der Waals surface area contributed by atoms with E-state index in [4.69, 9.17) is 0 Å². The van der Waals surface area contributed by atoms with Gasteiger partial charge in [0.1, 0.15) is 9.84 Å². The first-order chi connectivity index (χ1) is 7.55. The van der Waals surface area contributed by atoms with Crippen LogP contribution in [0.1, 0.15) is 31.6 Å². The van der Waals surface area contributed by atoms with E-state index in [0.29, 0.717) is 18.5 Å². The molecule has 0 fully saturated rings. The molecule has 1 atom stereocenters. The van der Waals surface area contributed by atoms with Crippen molar-refractivity contribution >= 4 is 9.84 Å². The van der Waals surface area contributed by atoms with Crippen molar-refractivity contribution in [1.82, 2.24) is 9.97 Å². The highest BCUT2D eigenvalue weighted by Crippen LogP contribution is 2.15. The monoisotopic (exact) mass is 244 g/mol. The first-order valence-electron chi connectivity index (χ1n) is 5.19. The Morgan fingerprint density at radius 3 is 2.75 bits per heavy atom. The van der Waals surface area contributed by atoms with Crippen LogP contribution in [0.3, 0.4) is 0 Å². The molecule has 1 heterocycles. The molecule has 1 aromatic rings. The first-order valence-corrected chi connectivity index (χ1v) is 7.01. The van der Waals surface area contributed by atoms with Crippen LogP contribution in [0.25, 0.3) is 0 Å². The van der Waals surface area contributed by atoms with Crippen molar-refractivity contribution in [3.8, 4) is 0 Å². The quantitative estimate of drug-likeness (QED) is 0.797. The largest absolute Gasteiger partial charge is 0.387 e. The summed E-state index contributed by atoms with van der Waals surface area (Å²) in [4.78, 5) is 7.79. The van der Waals surface area contributed by atoms with Crippen LogP contribution in [0.4, 0.5) is 0 Å². The lowest BCUT2D eigenvalue weighted by Gasteiger charge is -2.08. The Balaban J connectivity index is 2.40. The molecular formula is C10H16N2O3S. The fraction of sp³-hybridized carbons (Fsp3) is 0.600. The van der Waals surface area contributed by atoms with Gasteiger partial charge in [-0.25, -0.2) is 8.42 Å². The van der Waals surface area contributed by atoms with E-state index in [9.17, 15) is 13.5 Å². The number of aromatic nitrogens is 2. The minimum atomic E-state index is -2.94. The van der Waals surface area contributed by atoms with E-state index < -0.39 is 15.9 Å². The molecule has 6 heteroatoms. The second kappa shape index (κ2) is 5.91. The third kappa shape index (κ3) is 4.24. The minimum Gasteiger partial charge on any atom is -0.387 e. The molecule has 16 heavy (non-hydrogen) atoms. The average molecular weight is 244 g/mol. The van der Waals surface area contributed by atoms with Crippen LogP contribution in [0.2, 0.25) is 0 Å². The Morgan fingerprint density at radius 1 is 1.44 bits per heavy atom. The SMILES string of the molecule is CCS(=O)(=O)CCCC(O)c1cnccn1. The summed E-state index contributed by atoms with van der Waals surface area (Å²) < 4.78 is 22.4.